The molecule has 0 saturated carbocycles. The van der Waals surface area contributed by atoms with Crippen molar-refractivity contribution >= 4 is 59.1 Å². The van der Waals surface area contributed by atoms with Crippen molar-refractivity contribution in [2.75, 3.05) is 0 Å². The molecule has 0 spiro atoms. The van der Waals surface area contributed by atoms with Gasteiger partial charge in [0.2, 0.25) is 0 Å². The van der Waals surface area contributed by atoms with Gasteiger partial charge in [0, 0.05) is 32.5 Å². The van der Waals surface area contributed by atoms with Crippen molar-refractivity contribution in [1.29, 1.82) is 0 Å². The molecule has 194 valence electrons. The van der Waals surface area contributed by atoms with E-state index in [-0.39, 0.29) is 10.6 Å². The third kappa shape index (κ3) is 3.63. The largest absolute Gasteiger partial charge is 0.292 e. The van der Waals surface area contributed by atoms with Gasteiger partial charge in [-0.15, -0.1) is 11.3 Å². The molecule has 0 unspecified atom stereocenters. The van der Waals surface area contributed by atoms with Gasteiger partial charge in [-0.05, 0) is 35.9 Å². The Hall–Kier alpha value is -5.40. The maximum Gasteiger partial charge on any atom is 0.277 e. The Labute approximate surface area is 237 Å². The molecule has 7 heteroatoms. The predicted octanol–water partition coefficient (Wildman–Crippen LogP) is 9.18. The standard InChI is InChI=1S/C34H20N4O2S/c39-38(40)29-17-9-4-12-23(29)22-18-19-30-26(20-22)31-32(41-30)34(36-33(35-31)21-10-2-1-3-11-21)37-27-15-7-5-13-24(27)25-14-6-8-16-28(25)37/h1-20H. The Morgan fingerprint density at radius 1 is 0.659 bits per heavy atom. The topological polar surface area (TPSA) is 73.8 Å². The summed E-state index contributed by atoms with van der Waals surface area (Å²) >= 11 is 1.64. The molecule has 8 aromatic rings. The fraction of sp³-hybridized carbons (Fsp3) is 0. The molecule has 6 nitrogen and oxygen atoms in total. The van der Waals surface area contributed by atoms with E-state index in [0.717, 1.165) is 59.1 Å². The normalized spacial score (nSPS) is 11.6. The van der Waals surface area contributed by atoms with Crippen molar-refractivity contribution in [2.45, 2.75) is 0 Å². The highest BCUT2D eigenvalue weighted by atomic mass is 32.1. The molecule has 0 amide bonds. The number of para-hydroxylation sites is 3. The summed E-state index contributed by atoms with van der Waals surface area (Å²) in [4.78, 5) is 21.8. The van der Waals surface area contributed by atoms with Crippen LogP contribution in [0.2, 0.25) is 0 Å². The van der Waals surface area contributed by atoms with Crippen LogP contribution in [0.25, 0.3) is 70.4 Å². The number of rotatable bonds is 4. The first-order valence-corrected chi connectivity index (χ1v) is 14.0. The van der Waals surface area contributed by atoms with E-state index in [0.29, 0.717) is 11.4 Å². The average molecular weight is 549 g/mol. The summed E-state index contributed by atoms with van der Waals surface area (Å²) in [6, 6.07) is 39.6. The maximum absolute atomic E-state index is 11.8. The zero-order valence-electron chi connectivity index (χ0n) is 21.6. The number of nitrogens with zero attached hydrogens (tertiary/aromatic N) is 4. The van der Waals surface area contributed by atoms with Crippen LogP contribution in [0.3, 0.4) is 0 Å². The second-order valence-electron chi connectivity index (χ2n) is 9.87. The molecule has 0 aliphatic heterocycles. The van der Waals surface area contributed by atoms with E-state index < -0.39 is 0 Å². The van der Waals surface area contributed by atoms with Crippen molar-refractivity contribution < 1.29 is 4.92 Å². The van der Waals surface area contributed by atoms with Crippen molar-refractivity contribution in [2.24, 2.45) is 0 Å². The van der Waals surface area contributed by atoms with Crippen LogP contribution in [0, 0.1) is 10.1 Å². The summed E-state index contributed by atoms with van der Waals surface area (Å²) in [6.07, 6.45) is 0. The second kappa shape index (κ2) is 9.08. The highest BCUT2D eigenvalue weighted by molar-refractivity contribution is 7.26. The summed E-state index contributed by atoms with van der Waals surface area (Å²) < 4.78 is 4.24. The first kappa shape index (κ1) is 23.5. The summed E-state index contributed by atoms with van der Waals surface area (Å²) in [5.74, 6) is 1.45. The number of nitro benzene ring substituents is 1. The molecule has 0 saturated heterocycles. The second-order valence-corrected chi connectivity index (χ2v) is 10.9. The summed E-state index contributed by atoms with van der Waals surface area (Å²) in [5.41, 5.74) is 5.34. The smallest absolute Gasteiger partial charge is 0.277 e. The fourth-order valence-electron chi connectivity index (χ4n) is 5.69. The number of thiophene rings is 1. The number of benzene rings is 5. The molecule has 3 aromatic heterocycles. The minimum absolute atomic E-state index is 0.0805. The zero-order valence-corrected chi connectivity index (χ0v) is 22.4. The lowest BCUT2D eigenvalue weighted by atomic mass is 10.0. The molecule has 0 aliphatic rings. The SMILES string of the molecule is O=[N+]([O-])c1ccccc1-c1ccc2sc3c(-n4c5ccccc5c5ccccc54)nc(-c4ccccc4)nc3c2c1. The maximum atomic E-state index is 11.8. The van der Waals surface area contributed by atoms with Gasteiger partial charge in [0.1, 0.15) is 0 Å². The van der Waals surface area contributed by atoms with E-state index in [1.165, 1.54) is 0 Å². The minimum atomic E-state index is -0.332. The Bertz CT molecular complexity index is 2250. The predicted molar refractivity (Wildman–Crippen MR) is 167 cm³/mol. The first-order chi connectivity index (χ1) is 20.2. The number of aromatic nitrogens is 3. The van der Waals surface area contributed by atoms with Crippen LogP contribution in [-0.4, -0.2) is 19.5 Å². The van der Waals surface area contributed by atoms with Gasteiger partial charge < -0.3 is 0 Å². The van der Waals surface area contributed by atoms with Crippen molar-refractivity contribution in [3.63, 3.8) is 0 Å². The monoisotopic (exact) mass is 548 g/mol. The lowest BCUT2D eigenvalue weighted by Gasteiger charge is -2.10. The fourth-order valence-corrected chi connectivity index (χ4v) is 6.79. The Kier molecular flexibility index (Phi) is 5.20. The molecule has 5 aromatic carbocycles. The van der Waals surface area contributed by atoms with Crippen LogP contribution in [0.5, 0.6) is 0 Å². The quantitative estimate of drug-likeness (QED) is 0.162. The third-order valence-corrected chi connectivity index (χ3v) is 8.69. The van der Waals surface area contributed by atoms with Crippen LogP contribution in [0.4, 0.5) is 5.69 Å². The lowest BCUT2D eigenvalue weighted by Crippen LogP contribution is -2.01. The van der Waals surface area contributed by atoms with Crippen LogP contribution in [0.15, 0.2) is 121 Å². The first-order valence-electron chi connectivity index (χ1n) is 13.2. The van der Waals surface area contributed by atoms with Gasteiger partial charge in [0.05, 0.1) is 31.7 Å². The van der Waals surface area contributed by atoms with Crippen LogP contribution < -0.4 is 0 Å². The minimum Gasteiger partial charge on any atom is -0.292 e. The molecule has 0 aliphatic carbocycles. The molecule has 0 bridgehead atoms. The van der Waals surface area contributed by atoms with Gasteiger partial charge in [-0.1, -0.05) is 84.9 Å². The summed E-state index contributed by atoms with van der Waals surface area (Å²) in [7, 11) is 0. The number of hydrogen-bond acceptors (Lipinski definition) is 5. The van der Waals surface area contributed by atoms with E-state index in [9.17, 15) is 10.1 Å². The molecule has 0 atom stereocenters. The van der Waals surface area contributed by atoms with Crippen LogP contribution in [-0.2, 0) is 0 Å². The molecule has 0 fully saturated rings. The molecular formula is C34H20N4O2S. The summed E-state index contributed by atoms with van der Waals surface area (Å²) in [5, 5.41) is 15.1. The van der Waals surface area contributed by atoms with Gasteiger partial charge in [-0.3, -0.25) is 14.7 Å². The molecule has 41 heavy (non-hydrogen) atoms. The van der Waals surface area contributed by atoms with Crippen molar-refractivity contribution in [1.82, 2.24) is 14.5 Å². The van der Waals surface area contributed by atoms with Gasteiger partial charge in [0.25, 0.3) is 5.69 Å². The van der Waals surface area contributed by atoms with E-state index in [4.69, 9.17) is 9.97 Å². The molecular weight excluding hydrogens is 528 g/mol. The van der Waals surface area contributed by atoms with Crippen LogP contribution >= 0.6 is 11.3 Å². The van der Waals surface area contributed by atoms with E-state index >= 15 is 0 Å². The molecule has 3 heterocycles. The summed E-state index contributed by atoms with van der Waals surface area (Å²) in [6.45, 7) is 0. The molecule has 0 N–H and O–H groups in total. The lowest BCUT2D eigenvalue weighted by molar-refractivity contribution is -0.384. The van der Waals surface area contributed by atoms with Crippen LogP contribution in [0.1, 0.15) is 0 Å². The van der Waals surface area contributed by atoms with E-state index in [2.05, 4.69) is 53.1 Å². The number of hydrogen-bond donors (Lipinski definition) is 0. The average Bonchev–Trinajstić information content (AvgIpc) is 3.56. The Balaban J connectivity index is 1.49. The van der Waals surface area contributed by atoms with Gasteiger partial charge in [-0.25, -0.2) is 9.97 Å². The Morgan fingerprint density at radius 3 is 2.05 bits per heavy atom. The highest BCUT2D eigenvalue weighted by Gasteiger charge is 2.21. The zero-order chi connectivity index (χ0) is 27.5. The molecule has 8 rings (SSSR count). The van der Waals surface area contributed by atoms with Gasteiger partial charge >= 0.3 is 0 Å². The third-order valence-electron chi connectivity index (χ3n) is 7.53. The van der Waals surface area contributed by atoms with Gasteiger partial charge in [-0.2, -0.15) is 0 Å². The van der Waals surface area contributed by atoms with E-state index in [1.807, 2.05) is 54.6 Å². The highest BCUT2D eigenvalue weighted by Crippen LogP contribution is 2.42. The van der Waals surface area contributed by atoms with Gasteiger partial charge in [0.15, 0.2) is 11.6 Å². The number of fused-ring (bicyclic) bond motifs is 6. The molecule has 0 radical (unpaired) electrons. The van der Waals surface area contributed by atoms with Crippen molar-refractivity contribution in [3.05, 3.63) is 131 Å². The van der Waals surface area contributed by atoms with Crippen molar-refractivity contribution in [3.8, 4) is 28.3 Å². The van der Waals surface area contributed by atoms with E-state index in [1.54, 1.807) is 29.5 Å². The Morgan fingerprint density at radius 2 is 1.32 bits per heavy atom. The number of nitro groups is 1.